The van der Waals surface area contributed by atoms with Crippen LogP contribution in [-0.2, 0) is 9.53 Å². The number of fused-ring (bicyclic) bond motifs is 3. The van der Waals surface area contributed by atoms with E-state index < -0.39 is 0 Å². The second-order valence-corrected chi connectivity index (χ2v) is 5.85. The summed E-state index contributed by atoms with van der Waals surface area (Å²) in [5.74, 6) is 1.27. The maximum Gasteiger partial charge on any atom is 0.337 e. The van der Waals surface area contributed by atoms with Gasteiger partial charge in [0.15, 0.2) is 0 Å². The number of carbonyl (C=O) groups excluding carboxylic acids is 1. The van der Waals surface area contributed by atoms with E-state index in [-0.39, 0.29) is 5.97 Å². The normalized spacial score (nSPS) is 31.3. The minimum atomic E-state index is -0.117. The molecule has 0 aromatic rings. The Morgan fingerprint density at radius 3 is 2.61 bits per heavy atom. The minimum absolute atomic E-state index is 0.117. The first-order valence-corrected chi connectivity index (χ1v) is 7.33. The number of carbonyl (C=O) groups is 1. The Bertz CT molecular complexity index is 417. The molecule has 0 bridgehead atoms. The molecule has 0 heterocycles. The van der Waals surface area contributed by atoms with Crippen LogP contribution in [0, 0.1) is 11.8 Å². The van der Waals surface area contributed by atoms with Gasteiger partial charge in [-0.15, -0.1) is 0 Å². The fraction of sp³-hybridized carbons (Fsp3) is 0.688. The molecule has 0 aliphatic heterocycles. The minimum Gasteiger partial charge on any atom is -0.465 e. The second kappa shape index (κ2) is 4.91. The van der Waals surface area contributed by atoms with E-state index in [2.05, 4.69) is 6.08 Å². The van der Waals surface area contributed by atoms with Crippen LogP contribution in [0.1, 0.15) is 51.4 Å². The molecule has 0 radical (unpaired) electrons. The third kappa shape index (κ3) is 1.92. The molecule has 2 nitrogen and oxygen atoms in total. The van der Waals surface area contributed by atoms with E-state index in [0.29, 0.717) is 5.92 Å². The molecule has 3 rings (SSSR count). The predicted octanol–water partition coefficient (Wildman–Crippen LogP) is 3.78. The number of hydrogen-bond donors (Lipinski definition) is 0. The summed E-state index contributed by atoms with van der Waals surface area (Å²) in [7, 11) is 1.50. The average molecular weight is 246 g/mol. The first kappa shape index (κ1) is 12.0. The summed E-state index contributed by atoms with van der Waals surface area (Å²) in [4.78, 5) is 12.0. The van der Waals surface area contributed by atoms with E-state index in [1.165, 1.54) is 63.2 Å². The van der Waals surface area contributed by atoms with Crippen molar-refractivity contribution >= 4 is 5.97 Å². The molecule has 2 saturated carbocycles. The van der Waals surface area contributed by atoms with Gasteiger partial charge in [-0.25, -0.2) is 4.79 Å². The van der Waals surface area contributed by atoms with Gasteiger partial charge in [-0.2, -0.15) is 0 Å². The van der Waals surface area contributed by atoms with Gasteiger partial charge in [0.1, 0.15) is 0 Å². The third-order valence-electron chi connectivity index (χ3n) is 4.93. The van der Waals surface area contributed by atoms with Crippen LogP contribution in [0.3, 0.4) is 0 Å². The van der Waals surface area contributed by atoms with E-state index in [9.17, 15) is 4.79 Å². The van der Waals surface area contributed by atoms with Crippen molar-refractivity contribution in [1.82, 2.24) is 0 Å². The lowest BCUT2D eigenvalue weighted by Gasteiger charge is -2.40. The van der Waals surface area contributed by atoms with Crippen LogP contribution in [0.4, 0.5) is 0 Å². The van der Waals surface area contributed by atoms with E-state index in [4.69, 9.17) is 4.74 Å². The molecule has 0 amide bonds. The first-order valence-electron chi connectivity index (χ1n) is 7.33. The Morgan fingerprint density at radius 1 is 1.11 bits per heavy atom. The zero-order valence-electron chi connectivity index (χ0n) is 11.2. The second-order valence-electron chi connectivity index (χ2n) is 5.85. The summed E-state index contributed by atoms with van der Waals surface area (Å²) in [5.41, 5.74) is 3.83. The standard InChI is InChI=1S/C16H22O2/c1-18-16(17)15-10-11-6-2-3-7-12(11)13-8-4-5-9-14(13)15/h10,12-13H,2-9H2,1H3/t12-,13-/m1/s1. The van der Waals surface area contributed by atoms with Gasteiger partial charge >= 0.3 is 5.97 Å². The third-order valence-corrected chi connectivity index (χ3v) is 4.93. The fourth-order valence-electron chi connectivity index (χ4n) is 4.10. The van der Waals surface area contributed by atoms with Crippen LogP contribution in [0.2, 0.25) is 0 Å². The van der Waals surface area contributed by atoms with Crippen molar-refractivity contribution in [2.45, 2.75) is 51.4 Å². The quantitative estimate of drug-likeness (QED) is 0.658. The largest absolute Gasteiger partial charge is 0.465 e. The van der Waals surface area contributed by atoms with Crippen LogP contribution >= 0.6 is 0 Å². The SMILES string of the molecule is COC(=O)C1=C2CCCC[C@@H]2[C@@H]2CCCCC2=C1. The highest BCUT2D eigenvalue weighted by molar-refractivity contribution is 5.93. The van der Waals surface area contributed by atoms with Crippen LogP contribution < -0.4 is 0 Å². The number of methoxy groups -OCH3 is 1. The molecule has 0 saturated heterocycles. The molecule has 0 spiro atoms. The summed E-state index contributed by atoms with van der Waals surface area (Å²) in [6.07, 6.45) is 12.3. The Balaban J connectivity index is 2.01. The zero-order chi connectivity index (χ0) is 12.5. The smallest absolute Gasteiger partial charge is 0.337 e. The summed E-state index contributed by atoms with van der Waals surface area (Å²) >= 11 is 0. The molecule has 2 heteroatoms. The molecule has 3 aliphatic carbocycles. The van der Waals surface area contributed by atoms with E-state index >= 15 is 0 Å². The Kier molecular flexibility index (Phi) is 3.27. The zero-order valence-corrected chi connectivity index (χ0v) is 11.2. The van der Waals surface area contributed by atoms with Crippen molar-refractivity contribution in [1.29, 1.82) is 0 Å². The lowest BCUT2D eigenvalue weighted by atomic mass is 9.64. The molecule has 2 fully saturated rings. The average Bonchev–Trinajstić information content (AvgIpc) is 2.45. The Hall–Kier alpha value is -1.05. The van der Waals surface area contributed by atoms with Crippen molar-refractivity contribution in [3.63, 3.8) is 0 Å². The monoisotopic (exact) mass is 246 g/mol. The molecule has 98 valence electrons. The van der Waals surface area contributed by atoms with Crippen molar-refractivity contribution in [2.75, 3.05) is 7.11 Å². The van der Waals surface area contributed by atoms with Gasteiger partial charge in [-0.1, -0.05) is 24.0 Å². The molecule has 0 aromatic carbocycles. The lowest BCUT2D eigenvalue weighted by molar-refractivity contribution is -0.135. The maximum atomic E-state index is 12.0. The molecule has 18 heavy (non-hydrogen) atoms. The maximum absolute atomic E-state index is 12.0. The molecular weight excluding hydrogens is 224 g/mol. The van der Waals surface area contributed by atoms with Crippen molar-refractivity contribution in [2.24, 2.45) is 11.8 Å². The van der Waals surface area contributed by atoms with Crippen LogP contribution in [-0.4, -0.2) is 13.1 Å². The van der Waals surface area contributed by atoms with Crippen molar-refractivity contribution in [3.8, 4) is 0 Å². The van der Waals surface area contributed by atoms with E-state index in [1.807, 2.05) is 0 Å². The number of allylic oxidation sites excluding steroid dienone is 2. The summed E-state index contributed by atoms with van der Waals surface area (Å²) in [6.45, 7) is 0. The van der Waals surface area contributed by atoms with Gasteiger partial charge in [-0.3, -0.25) is 0 Å². The highest BCUT2D eigenvalue weighted by atomic mass is 16.5. The Morgan fingerprint density at radius 2 is 1.83 bits per heavy atom. The first-order chi connectivity index (χ1) is 8.81. The van der Waals surface area contributed by atoms with Gasteiger partial charge in [0.2, 0.25) is 0 Å². The summed E-state index contributed by atoms with van der Waals surface area (Å²) < 4.78 is 4.98. The molecular formula is C16H22O2. The molecule has 2 atom stereocenters. The number of ether oxygens (including phenoxy) is 1. The van der Waals surface area contributed by atoms with Crippen LogP contribution in [0.15, 0.2) is 22.8 Å². The molecule has 0 unspecified atom stereocenters. The van der Waals surface area contributed by atoms with Gasteiger partial charge in [-0.05, 0) is 56.4 Å². The number of hydrogen-bond acceptors (Lipinski definition) is 2. The fourth-order valence-corrected chi connectivity index (χ4v) is 4.10. The molecule has 0 N–H and O–H groups in total. The topological polar surface area (TPSA) is 26.3 Å². The van der Waals surface area contributed by atoms with Crippen LogP contribution in [0.25, 0.3) is 0 Å². The number of esters is 1. The van der Waals surface area contributed by atoms with Gasteiger partial charge in [0.25, 0.3) is 0 Å². The van der Waals surface area contributed by atoms with Gasteiger partial charge in [0.05, 0.1) is 12.7 Å². The Labute approximate surface area is 109 Å². The summed E-state index contributed by atoms with van der Waals surface area (Å²) in [5, 5.41) is 0. The van der Waals surface area contributed by atoms with Crippen molar-refractivity contribution in [3.05, 3.63) is 22.8 Å². The van der Waals surface area contributed by atoms with Crippen molar-refractivity contribution < 1.29 is 9.53 Å². The predicted molar refractivity (Wildman–Crippen MR) is 71.0 cm³/mol. The van der Waals surface area contributed by atoms with Crippen LogP contribution in [0.5, 0.6) is 0 Å². The van der Waals surface area contributed by atoms with Gasteiger partial charge < -0.3 is 4.74 Å². The number of rotatable bonds is 1. The summed E-state index contributed by atoms with van der Waals surface area (Å²) in [6, 6.07) is 0. The lowest BCUT2D eigenvalue weighted by Crippen LogP contribution is -2.30. The van der Waals surface area contributed by atoms with Gasteiger partial charge in [0, 0.05) is 0 Å². The highest BCUT2D eigenvalue weighted by Crippen LogP contribution is 2.48. The van der Waals surface area contributed by atoms with E-state index in [1.54, 1.807) is 0 Å². The highest BCUT2D eigenvalue weighted by Gasteiger charge is 2.37. The molecule has 0 aromatic heterocycles. The molecule has 3 aliphatic rings. The van der Waals surface area contributed by atoms with E-state index in [0.717, 1.165) is 17.9 Å².